The summed E-state index contributed by atoms with van der Waals surface area (Å²) in [5.74, 6) is -3.46. The molecule has 1 saturated heterocycles. The van der Waals surface area contributed by atoms with Crippen molar-refractivity contribution in [2.75, 3.05) is 26.7 Å². The van der Waals surface area contributed by atoms with Crippen LogP contribution in [0.4, 0.5) is 8.78 Å². The predicted molar refractivity (Wildman–Crippen MR) is 84.7 cm³/mol. The lowest BCUT2D eigenvalue weighted by molar-refractivity contribution is 0.0688. The van der Waals surface area contributed by atoms with E-state index >= 15 is 0 Å². The molecule has 2 heterocycles. The standard InChI is InChI=1S/C14H20F2N2O3S2/c1-17-6-2-10-3-7-18(8-4-10)13(19)12-11(5-9-22-12)23(20,21)14(15)16/h5,9-10,14,17H,2-4,6-8H2,1H3. The van der Waals surface area contributed by atoms with E-state index in [1.54, 1.807) is 4.90 Å². The van der Waals surface area contributed by atoms with Crippen molar-refractivity contribution in [3.05, 3.63) is 16.3 Å². The number of hydrogen-bond donors (Lipinski definition) is 1. The zero-order chi connectivity index (χ0) is 17.0. The molecule has 130 valence electrons. The van der Waals surface area contributed by atoms with Gasteiger partial charge in [-0.3, -0.25) is 4.79 Å². The van der Waals surface area contributed by atoms with Crippen molar-refractivity contribution in [1.29, 1.82) is 0 Å². The van der Waals surface area contributed by atoms with E-state index in [4.69, 9.17) is 0 Å². The number of halogens is 2. The quantitative estimate of drug-likeness (QED) is 0.838. The maximum atomic E-state index is 12.7. The fourth-order valence-electron chi connectivity index (χ4n) is 2.69. The molecule has 5 nitrogen and oxygen atoms in total. The third-order valence-electron chi connectivity index (χ3n) is 4.07. The minimum Gasteiger partial charge on any atom is -0.338 e. The first-order valence-electron chi connectivity index (χ1n) is 7.41. The maximum Gasteiger partial charge on any atom is 0.341 e. The Morgan fingerprint density at radius 1 is 1.43 bits per heavy atom. The lowest BCUT2D eigenvalue weighted by Gasteiger charge is -2.32. The number of nitrogens with zero attached hydrogens (tertiary/aromatic N) is 1. The van der Waals surface area contributed by atoms with Gasteiger partial charge in [0, 0.05) is 13.1 Å². The summed E-state index contributed by atoms with van der Waals surface area (Å²) in [6.45, 7) is 1.97. The van der Waals surface area contributed by atoms with E-state index in [0.29, 0.717) is 19.0 Å². The Kier molecular flexibility index (Phi) is 6.10. The van der Waals surface area contributed by atoms with Gasteiger partial charge in [-0.25, -0.2) is 8.42 Å². The van der Waals surface area contributed by atoms with E-state index in [1.807, 2.05) is 7.05 Å². The normalized spacial score (nSPS) is 17.0. The number of carbonyl (C=O) groups excluding carboxylic acids is 1. The third kappa shape index (κ3) is 4.07. The molecule has 0 saturated carbocycles. The fraction of sp³-hybridized carbons (Fsp3) is 0.643. The minimum atomic E-state index is -4.75. The van der Waals surface area contributed by atoms with Gasteiger partial charge in [-0.05, 0) is 50.2 Å². The number of sulfone groups is 1. The Hall–Kier alpha value is -1.06. The molecular formula is C14H20F2N2O3S2. The van der Waals surface area contributed by atoms with Gasteiger partial charge in [0.2, 0.25) is 9.84 Å². The van der Waals surface area contributed by atoms with Crippen molar-refractivity contribution in [2.45, 2.75) is 29.9 Å². The van der Waals surface area contributed by atoms with Crippen molar-refractivity contribution < 1.29 is 22.0 Å². The van der Waals surface area contributed by atoms with Crippen molar-refractivity contribution >= 4 is 27.1 Å². The summed E-state index contributed by atoms with van der Waals surface area (Å²) in [5.41, 5.74) is 0. The summed E-state index contributed by atoms with van der Waals surface area (Å²) in [4.78, 5) is 13.4. The van der Waals surface area contributed by atoms with Crippen LogP contribution in [0.15, 0.2) is 16.3 Å². The molecule has 0 atom stereocenters. The van der Waals surface area contributed by atoms with Crippen LogP contribution in [-0.4, -0.2) is 51.7 Å². The second-order valence-electron chi connectivity index (χ2n) is 5.55. The van der Waals surface area contributed by atoms with E-state index in [9.17, 15) is 22.0 Å². The summed E-state index contributed by atoms with van der Waals surface area (Å²) < 4.78 is 48.7. The fourth-order valence-corrected chi connectivity index (χ4v) is 4.82. The number of alkyl halides is 2. The minimum absolute atomic E-state index is 0.112. The summed E-state index contributed by atoms with van der Waals surface area (Å²) in [5, 5.41) is 4.45. The first kappa shape index (κ1) is 18.3. The molecule has 2 rings (SSSR count). The summed E-state index contributed by atoms with van der Waals surface area (Å²) >= 11 is 0.897. The lowest BCUT2D eigenvalue weighted by Crippen LogP contribution is -2.39. The highest BCUT2D eigenvalue weighted by Gasteiger charge is 2.34. The number of rotatable bonds is 6. The van der Waals surface area contributed by atoms with E-state index < -0.39 is 26.4 Å². The Balaban J connectivity index is 2.07. The predicted octanol–water partition coefficient (Wildman–Crippen LogP) is 2.21. The Morgan fingerprint density at radius 3 is 2.65 bits per heavy atom. The highest BCUT2D eigenvalue weighted by molar-refractivity contribution is 7.92. The number of nitrogens with one attached hydrogen (secondary N) is 1. The van der Waals surface area contributed by atoms with Gasteiger partial charge in [0.05, 0.1) is 4.90 Å². The van der Waals surface area contributed by atoms with Crippen LogP contribution in [0.2, 0.25) is 0 Å². The van der Waals surface area contributed by atoms with Crippen LogP contribution in [0.25, 0.3) is 0 Å². The summed E-state index contributed by atoms with van der Waals surface area (Å²) in [7, 11) is -2.86. The number of piperidine rings is 1. The average molecular weight is 366 g/mol. The molecule has 1 N–H and O–H groups in total. The first-order valence-corrected chi connectivity index (χ1v) is 9.84. The van der Waals surface area contributed by atoms with Crippen LogP contribution in [0.1, 0.15) is 28.9 Å². The van der Waals surface area contributed by atoms with Gasteiger partial charge >= 0.3 is 5.76 Å². The molecule has 9 heteroatoms. The number of thiophene rings is 1. The molecule has 1 aromatic heterocycles. The third-order valence-corrected chi connectivity index (χ3v) is 6.52. The van der Waals surface area contributed by atoms with Gasteiger partial charge in [-0.2, -0.15) is 8.78 Å². The van der Waals surface area contributed by atoms with Gasteiger partial charge in [-0.1, -0.05) is 0 Å². The molecule has 0 spiro atoms. The molecule has 1 amide bonds. The topological polar surface area (TPSA) is 66.5 Å². The van der Waals surface area contributed by atoms with Gasteiger partial charge in [0.15, 0.2) is 0 Å². The molecule has 1 aliphatic rings. The van der Waals surface area contributed by atoms with Gasteiger partial charge < -0.3 is 10.2 Å². The van der Waals surface area contributed by atoms with Crippen LogP contribution in [-0.2, 0) is 9.84 Å². The van der Waals surface area contributed by atoms with E-state index in [2.05, 4.69) is 5.32 Å². The highest BCUT2D eigenvalue weighted by Crippen LogP contribution is 2.29. The molecule has 0 bridgehead atoms. The Bertz CT molecular complexity index is 638. The summed E-state index contributed by atoms with van der Waals surface area (Å²) in [6, 6.07) is 1.08. The van der Waals surface area contributed by atoms with Gasteiger partial charge in [0.1, 0.15) is 4.88 Å². The van der Waals surface area contributed by atoms with E-state index in [0.717, 1.165) is 43.2 Å². The monoisotopic (exact) mass is 366 g/mol. The van der Waals surface area contributed by atoms with Crippen LogP contribution < -0.4 is 5.32 Å². The number of hydrogen-bond acceptors (Lipinski definition) is 5. The van der Waals surface area contributed by atoms with Crippen LogP contribution in [0.5, 0.6) is 0 Å². The zero-order valence-corrected chi connectivity index (χ0v) is 14.4. The second kappa shape index (κ2) is 7.67. The van der Waals surface area contributed by atoms with Crippen molar-refractivity contribution in [3.63, 3.8) is 0 Å². The molecule has 0 radical (unpaired) electrons. The summed E-state index contributed by atoms with van der Waals surface area (Å²) in [6.07, 6.45) is 2.72. The SMILES string of the molecule is CNCCC1CCN(C(=O)c2sccc2S(=O)(=O)C(F)F)CC1. The van der Waals surface area contributed by atoms with Crippen molar-refractivity contribution in [2.24, 2.45) is 5.92 Å². The van der Waals surface area contributed by atoms with Crippen LogP contribution in [0, 0.1) is 5.92 Å². The molecule has 1 fully saturated rings. The van der Waals surface area contributed by atoms with Crippen LogP contribution >= 0.6 is 11.3 Å². The molecular weight excluding hydrogens is 346 g/mol. The first-order chi connectivity index (χ1) is 10.9. The largest absolute Gasteiger partial charge is 0.341 e. The van der Waals surface area contributed by atoms with E-state index in [1.165, 1.54) is 5.38 Å². The molecule has 23 heavy (non-hydrogen) atoms. The molecule has 0 aromatic carbocycles. The Labute approximate surface area is 138 Å². The molecule has 0 aliphatic carbocycles. The molecule has 0 unspecified atom stereocenters. The highest BCUT2D eigenvalue weighted by atomic mass is 32.2. The molecule has 1 aliphatic heterocycles. The van der Waals surface area contributed by atoms with Gasteiger partial charge in [-0.15, -0.1) is 11.3 Å². The van der Waals surface area contributed by atoms with Gasteiger partial charge in [0.25, 0.3) is 5.91 Å². The number of carbonyl (C=O) groups is 1. The van der Waals surface area contributed by atoms with Crippen molar-refractivity contribution in [3.8, 4) is 0 Å². The smallest absolute Gasteiger partial charge is 0.338 e. The lowest BCUT2D eigenvalue weighted by atomic mass is 9.93. The van der Waals surface area contributed by atoms with E-state index in [-0.39, 0.29) is 4.88 Å². The number of likely N-dealkylation sites (tertiary alicyclic amines) is 1. The van der Waals surface area contributed by atoms with Crippen LogP contribution in [0.3, 0.4) is 0 Å². The maximum absolute atomic E-state index is 12.7. The molecule has 1 aromatic rings. The second-order valence-corrected chi connectivity index (χ2v) is 8.35. The average Bonchev–Trinajstić information content (AvgIpc) is 3.03. The number of amides is 1. The zero-order valence-electron chi connectivity index (χ0n) is 12.8. The van der Waals surface area contributed by atoms with Crippen molar-refractivity contribution in [1.82, 2.24) is 10.2 Å². The Morgan fingerprint density at radius 2 is 2.09 bits per heavy atom.